The normalized spacial score (nSPS) is 15.5. The van der Waals surface area contributed by atoms with Crippen molar-refractivity contribution in [1.82, 2.24) is 9.78 Å². The smallest absolute Gasteiger partial charge is 0.0668 e. The molecule has 1 aliphatic heterocycles. The maximum Gasteiger partial charge on any atom is 0.0668 e. The third kappa shape index (κ3) is 2.58. The molecule has 3 nitrogen and oxygen atoms in total. The zero-order valence-corrected chi connectivity index (χ0v) is 12.4. The van der Waals surface area contributed by atoms with Crippen molar-refractivity contribution in [2.75, 3.05) is 11.9 Å². The maximum absolute atomic E-state index is 4.72. The summed E-state index contributed by atoms with van der Waals surface area (Å²) in [7, 11) is 0. The molecule has 1 aromatic carbocycles. The van der Waals surface area contributed by atoms with E-state index in [4.69, 9.17) is 5.10 Å². The fourth-order valence-corrected chi connectivity index (χ4v) is 2.85. The first-order valence-electron chi connectivity index (χ1n) is 7.66. The minimum absolute atomic E-state index is 0.482. The van der Waals surface area contributed by atoms with Crippen molar-refractivity contribution in [3.05, 3.63) is 47.3 Å². The minimum atomic E-state index is 0.482. The summed E-state index contributed by atoms with van der Waals surface area (Å²) in [5.74, 6) is 0. The second-order valence-electron chi connectivity index (χ2n) is 5.69. The van der Waals surface area contributed by atoms with Gasteiger partial charge in [0.15, 0.2) is 0 Å². The first kappa shape index (κ1) is 13.2. The Labute approximate surface area is 121 Å². The maximum atomic E-state index is 4.72. The summed E-state index contributed by atoms with van der Waals surface area (Å²) >= 11 is 0. The first-order chi connectivity index (χ1) is 9.78. The van der Waals surface area contributed by atoms with E-state index in [0.29, 0.717) is 6.04 Å². The van der Waals surface area contributed by atoms with E-state index in [-0.39, 0.29) is 0 Å². The average Bonchev–Trinajstić information content (AvgIpc) is 2.95. The van der Waals surface area contributed by atoms with Gasteiger partial charge >= 0.3 is 0 Å². The third-order valence-electron chi connectivity index (χ3n) is 4.27. The number of hydrogen-bond acceptors (Lipinski definition) is 2. The number of nitrogens with one attached hydrogen (secondary N) is 1. The van der Waals surface area contributed by atoms with E-state index in [0.717, 1.165) is 19.4 Å². The van der Waals surface area contributed by atoms with Crippen molar-refractivity contribution in [3.8, 4) is 0 Å². The number of benzene rings is 1. The van der Waals surface area contributed by atoms with Crippen LogP contribution in [0.2, 0.25) is 0 Å². The highest BCUT2D eigenvalue weighted by Crippen LogP contribution is 2.26. The molecule has 3 rings (SSSR count). The molecule has 20 heavy (non-hydrogen) atoms. The number of aromatic nitrogens is 2. The number of nitrogens with zero attached hydrogens (tertiary/aromatic N) is 2. The lowest BCUT2D eigenvalue weighted by Gasteiger charge is -2.20. The van der Waals surface area contributed by atoms with E-state index in [1.807, 2.05) is 0 Å². The van der Waals surface area contributed by atoms with Crippen molar-refractivity contribution in [3.63, 3.8) is 0 Å². The van der Waals surface area contributed by atoms with Gasteiger partial charge in [-0.3, -0.25) is 4.68 Å². The molecule has 1 atom stereocenters. The summed E-state index contributed by atoms with van der Waals surface area (Å²) in [6, 6.07) is 9.22. The van der Waals surface area contributed by atoms with Crippen LogP contribution >= 0.6 is 0 Å². The molecule has 2 heterocycles. The summed E-state index contributed by atoms with van der Waals surface area (Å²) in [6.07, 6.45) is 6.58. The SMILES string of the molecule is CCC(C)n1ccc(Cc2cccc3c2CCCN3)n1. The minimum Gasteiger partial charge on any atom is -0.385 e. The van der Waals surface area contributed by atoms with Crippen LogP contribution in [0.3, 0.4) is 0 Å². The van der Waals surface area contributed by atoms with Gasteiger partial charge in [0.05, 0.1) is 5.69 Å². The molecule has 106 valence electrons. The Morgan fingerprint density at radius 3 is 3.10 bits per heavy atom. The Kier molecular flexibility index (Phi) is 3.77. The monoisotopic (exact) mass is 269 g/mol. The highest BCUT2D eigenvalue weighted by molar-refractivity contribution is 5.56. The van der Waals surface area contributed by atoms with Crippen LogP contribution in [0.1, 0.15) is 49.6 Å². The second kappa shape index (κ2) is 5.70. The predicted octanol–water partition coefficient (Wildman–Crippen LogP) is 3.80. The molecule has 0 fully saturated rings. The standard InChI is InChI=1S/C17H23N3/c1-3-13(2)20-11-9-15(19-20)12-14-6-4-8-17-16(14)7-5-10-18-17/h4,6,8-9,11,13,18H,3,5,7,10,12H2,1-2H3. The highest BCUT2D eigenvalue weighted by Gasteiger charge is 2.13. The predicted molar refractivity (Wildman–Crippen MR) is 83.3 cm³/mol. The van der Waals surface area contributed by atoms with E-state index >= 15 is 0 Å². The van der Waals surface area contributed by atoms with Gasteiger partial charge in [-0.1, -0.05) is 19.1 Å². The van der Waals surface area contributed by atoms with Crippen LogP contribution in [0.15, 0.2) is 30.5 Å². The molecule has 1 aliphatic rings. The van der Waals surface area contributed by atoms with Crippen molar-refractivity contribution in [1.29, 1.82) is 0 Å². The third-order valence-corrected chi connectivity index (χ3v) is 4.27. The zero-order chi connectivity index (χ0) is 13.9. The Hall–Kier alpha value is -1.77. The van der Waals surface area contributed by atoms with E-state index in [1.54, 1.807) is 0 Å². The van der Waals surface area contributed by atoms with Crippen LogP contribution in [0, 0.1) is 0 Å². The van der Waals surface area contributed by atoms with Crippen molar-refractivity contribution in [2.24, 2.45) is 0 Å². The zero-order valence-electron chi connectivity index (χ0n) is 12.4. The summed E-state index contributed by atoms with van der Waals surface area (Å²) in [6.45, 7) is 5.51. The molecule has 1 N–H and O–H groups in total. The van der Waals surface area contributed by atoms with Gasteiger partial charge in [-0.25, -0.2) is 0 Å². The fourth-order valence-electron chi connectivity index (χ4n) is 2.85. The van der Waals surface area contributed by atoms with Crippen LogP contribution in [0.5, 0.6) is 0 Å². The topological polar surface area (TPSA) is 29.9 Å². The molecule has 0 saturated carbocycles. The van der Waals surface area contributed by atoms with Gasteiger partial charge < -0.3 is 5.32 Å². The Balaban J connectivity index is 1.83. The molecule has 1 unspecified atom stereocenters. The summed E-state index contributed by atoms with van der Waals surface area (Å²) in [5.41, 5.74) is 5.39. The van der Waals surface area contributed by atoms with Gasteiger partial charge in [0.1, 0.15) is 0 Å². The van der Waals surface area contributed by atoms with E-state index < -0.39 is 0 Å². The van der Waals surface area contributed by atoms with E-state index in [2.05, 4.69) is 54.3 Å². The van der Waals surface area contributed by atoms with Crippen LogP contribution < -0.4 is 5.32 Å². The number of fused-ring (bicyclic) bond motifs is 1. The molecular weight excluding hydrogens is 246 g/mol. The van der Waals surface area contributed by atoms with Gasteiger partial charge in [-0.05, 0) is 49.4 Å². The lowest BCUT2D eigenvalue weighted by Crippen LogP contribution is -2.13. The number of rotatable bonds is 4. The van der Waals surface area contributed by atoms with Gasteiger partial charge in [-0.15, -0.1) is 0 Å². The Morgan fingerprint density at radius 1 is 1.35 bits per heavy atom. The van der Waals surface area contributed by atoms with Crippen molar-refractivity contribution >= 4 is 5.69 Å². The molecule has 2 aromatic rings. The number of anilines is 1. The highest BCUT2D eigenvalue weighted by atomic mass is 15.3. The van der Waals surface area contributed by atoms with Gasteiger partial charge in [0.25, 0.3) is 0 Å². The van der Waals surface area contributed by atoms with E-state index in [9.17, 15) is 0 Å². The van der Waals surface area contributed by atoms with E-state index in [1.165, 1.54) is 35.3 Å². The van der Waals surface area contributed by atoms with Crippen molar-refractivity contribution in [2.45, 2.75) is 45.6 Å². The van der Waals surface area contributed by atoms with Crippen LogP contribution in [-0.4, -0.2) is 16.3 Å². The second-order valence-corrected chi connectivity index (χ2v) is 5.69. The van der Waals surface area contributed by atoms with Gasteiger partial charge in [0.2, 0.25) is 0 Å². The van der Waals surface area contributed by atoms with Crippen molar-refractivity contribution < 1.29 is 0 Å². The molecule has 0 aliphatic carbocycles. The molecule has 3 heteroatoms. The molecular formula is C17H23N3. The largest absolute Gasteiger partial charge is 0.385 e. The van der Waals surface area contributed by atoms with Crippen LogP contribution in [0.25, 0.3) is 0 Å². The summed E-state index contributed by atoms with van der Waals surface area (Å²) < 4.78 is 2.09. The number of hydrogen-bond donors (Lipinski definition) is 1. The quantitative estimate of drug-likeness (QED) is 0.915. The molecule has 0 spiro atoms. The molecule has 1 aromatic heterocycles. The Morgan fingerprint density at radius 2 is 2.25 bits per heavy atom. The van der Waals surface area contributed by atoms with Gasteiger partial charge in [-0.2, -0.15) is 5.10 Å². The fraction of sp³-hybridized carbons (Fsp3) is 0.471. The average molecular weight is 269 g/mol. The lowest BCUT2D eigenvalue weighted by atomic mass is 9.95. The first-order valence-corrected chi connectivity index (χ1v) is 7.66. The lowest BCUT2D eigenvalue weighted by molar-refractivity contribution is 0.474. The molecule has 0 radical (unpaired) electrons. The summed E-state index contributed by atoms with van der Waals surface area (Å²) in [4.78, 5) is 0. The van der Waals surface area contributed by atoms with Gasteiger partial charge in [0, 0.05) is 30.9 Å². The van der Waals surface area contributed by atoms with Crippen LogP contribution in [0.4, 0.5) is 5.69 Å². The Bertz CT molecular complexity index is 586. The van der Waals surface area contributed by atoms with Crippen LogP contribution in [-0.2, 0) is 12.8 Å². The molecule has 0 saturated heterocycles. The molecule has 0 bridgehead atoms. The summed E-state index contributed by atoms with van der Waals surface area (Å²) in [5, 5.41) is 8.22. The molecule has 0 amide bonds.